The Kier molecular flexibility index (Phi) is 7.85. The number of nitrogens with zero attached hydrogens (tertiary/aromatic N) is 4. The van der Waals surface area contributed by atoms with E-state index in [9.17, 15) is 14.3 Å². The van der Waals surface area contributed by atoms with Crippen molar-refractivity contribution in [3.63, 3.8) is 0 Å². The number of hydrogen-bond donors (Lipinski definition) is 1. The molecule has 0 saturated carbocycles. The third-order valence-corrected chi connectivity index (χ3v) is 6.72. The average Bonchev–Trinajstić information content (AvgIpc) is 3.29. The molecule has 0 aliphatic carbocycles. The van der Waals surface area contributed by atoms with Gasteiger partial charge in [-0.3, -0.25) is 13.8 Å². The number of benzene rings is 1. The molecule has 192 valence electrons. The molecule has 0 saturated heterocycles. The van der Waals surface area contributed by atoms with Crippen molar-refractivity contribution in [1.29, 1.82) is 0 Å². The Hall–Kier alpha value is -3.82. The molecule has 37 heavy (non-hydrogen) atoms. The smallest absolute Gasteiger partial charge is 0.473 e. The Morgan fingerprint density at radius 2 is 1.97 bits per heavy atom. The van der Waals surface area contributed by atoms with E-state index in [1.807, 2.05) is 36.4 Å². The first kappa shape index (κ1) is 26.2. The van der Waals surface area contributed by atoms with Crippen LogP contribution in [-0.2, 0) is 25.1 Å². The maximum Gasteiger partial charge on any atom is 0.473 e. The van der Waals surface area contributed by atoms with Gasteiger partial charge in [-0.2, -0.15) is 0 Å². The van der Waals surface area contributed by atoms with Crippen molar-refractivity contribution in [2.45, 2.75) is 13.7 Å². The summed E-state index contributed by atoms with van der Waals surface area (Å²) in [5, 5.41) is 0.777. The van der Waals surface area contributed by atoms with E-state index < -0.39 is 7.82 Å². The highest BCUT2D eigenvalue weighted by molar-refractivity contribution is 7.47. The highest BCUT2D eigenvalue weighted by Gasteiger charge is 2.22. The van der Waals surface area contributed by atoms with E-state index in [1.54, 1.807) is 43.2 Å². The van der Waals surface area contributed by atoms with Crippen LogP contribution in [0.2, 0.25) is 0 Å². The lowest BCUT2D eigenvalue weighted by Crippen LogP contribution is -2.23. The van der Waals surface area contributed by atoms with Crippen LogP contribution >= 0.6 is 7.82 Å². The van der Waals surface area contributed by atoms with E-state index >= 15 is 0 Å². The summed E-state index contributed by atoms with van der Waals surface area (Å²) < 4.78 is 29.0. The van der Waals surface area contributed by atoms with Crippen LogP contribution in [0.1, 0.15) is 6.92 Å². The predicted molar refractivity (Wildman–Crippen MR) is 141 cm³/mol. The van der Waals surface area contributed by atoms with Crippen molar-refractivity contribution in [3.8, 4) is 28.1 Å². The van der Waals surface area contributed by atoms with Crippen LogP contribution in [0.3, 0.4) is 0 Å². The van der Waals surface area contributed by atoms with Gasteiger partial charge in [0.2, 0.25) is 11.8 Å². The van der Waals surface area contributed by atoms with Gasteiger partial charge in [-0.15, -0.1) is 0 Å². The van der Waals surface area contributed by atoms with Crippen LogP contribution in [0.5, 0.6) is 5.88 Å². The summed E-state index contributed by atoms with van der Waals surface area (Å²) >= 11 is 0. The molecule has 1 aromatic carbocycles. The molecule has 3 aromatic heterocycles. The number of carbonyl (C=O) groups excluding carboxylic acids is 1. The molecule has 4 rings (SSSR count). The fourth-order valence-electron chi connectivity index (χ4n) is 3.84. The largest absolute Gasteiger partial charge is 0.481 e. The number of aromatic nitrogens is 3. The summed E-state index contributed by atoms with van der Waals surface area (Å²) in [6.07, 6.45) is 6.38. The Morgan fingerprint density at radius 1 is 1.16 bits per heavy atom. The zero-order valence-electron chi connectivity index (χ0n) is 20.7. The van der Waals surface area contributed by atoms with Gasteiger partial charge in [-0.25, -0.2) is 14.5 Å². The van der Waals surface area contributed by atoms with Crippen LogP contribution in [0.25, 0.3) is 33.3 Å². The fourth-order valence-corrected chi connectivity index (χ4v) is 4.51. The third kappa shape index (κ3) is 5.79. The third-order valence-electron chi connectivity index (χ3n) is 5.69. The summed E-state index contributed by atoms with van der Waals surface area (Å²) in [5.74, 6) is 0.225. The molecule has 1 unspecified atom stereocenters. The lowest BCUT2D eigenvalue weighted by molar-refractivity contribution is -0.113. The summed E-state index contributed by atoms with van der Waals surface area (Å²) in [7, 11) is -0.992. The number of hydrogen-bond acceptors (Lipinski definition) is 7. The number of anilines is 1. The number of methoxy groups -OCH3 is 1. The number of phosphoric ester groups is 1. The topological polar surface area (TPSA) is 116 Å². The minimum absolute atomic E-state index is 0.0382. The van der Waals surface area contributed by atoms with E-state index in [4.69, 9.17) is 13.8 Å². The second kappa shape index (κ2) is 11.1. The van der Waals surface area contributed by atoms with Crippen molar-refractivity contribution < 1.29 is 28.0 Å². The minimum Gasteiger partial charge on any atom is -0.481 e. The molecule has 3 heterocycles. The van der Waals surface area contributed by atoms with Gasteiger partial charge in [-0.05, 0) is 48.4 Å². The van der Waals surface area contributed by atoms with E-state index in [2.05, 4.69) is 16.5 Å². The maximum absolute atomic E-state index is 12.1. The molecule has 0 bridgehead atoms. The van der Waals surface area contributed by atoms with Crippen LogP contribution in [0.4, 0.5) is 5.69 Å². The first-order valence-corrected chi connectivity index (χ1v) is 12.9. The van der Waals surface area contributed by atoms with Crippen molar-refractivity contribution in [1.82, 2.24) is 14.5 Å². The number of fused-ring (bicyclic) bond motifs is 1. The van der Waals surface area contributed by atoms with Gasteiger partial charge in [0.05, 0.1) is 13.7 Å². The first-order valence-electron chi connectivity index (χ1n) is 11.4. The predicted octanol–water partition coefficient (Wildman–Crippen LogP) is 5.03. The zero-order valence-corrected chi connectivity index (χ0v) is 21.6. The zero-order chi connectivity index (χ0) is 26.6. The Labute approximate surface area is 214 Å². The maximum atomic E-state index is 12.1. The van der Waals surface area contributed by atoms with E-state index in [-0.39, 0.29) is 19.2 Å². The second-order valence-corrected chi connectivity index (χ2v) is 9.44. The Balaban J connectivity index is 1.81. The SMILES string of the molecule is C=CC(=O)N(C)c1cccc(-c2cnc3c(c2)c(-c2ccnc(OC)c2)cn3COP(=O)(O)OCC)c1. The number of ether oxygens (including phenoxy) is 1. The average molecular weight is 522 g/mol. The summed E-state index contributed by atoms with van der Waals surface area (Å²) in [4.78, 5) is 32.3. The van der Waals surface area contributed by atoms with E-state index in [0.29, 0.717) is 17.2 Å². The second-order valence-electron chi connectivity index (χ2n) is 7.99. The van der Waals surface area contributed by atoms with Crippen LogP contribution in [0.15, 0.2) is 73.7 Å². The van der Waals surface area contributed by atoms with Crippen molar-refractivity contribution in [2.24, 2.45) is 0 Å². The molecule has 1 amide bonds. The molecule has 1 atom stereocenters. The quantitative estimate of drug-likeness (QED) is 0.228. The molecule has 0 spiro atoms. The molecule has 10 nitrogen and oxygen atoms in total. The first-order chi connectivity index (χ1) is 17.8. The van der Waals surface area contributed by atoms with Gasteiger partial charge in [0.15, 0.2) is 0 Å². The van der Waals surface area contributed by atoms with Crippen molar-refractivity contribution in [3.05, 3.63) is 73.7 Å². The number of rotatable bonds is 10. The van der Waals surface area contributed by atoms with Gasteiger partial charge in [-0.1, -0.05) is 18.7 Å². The van der Waals surface area contributed by atoms with Gasteiger partial charge in [0, 0.05) is 53.9 Å². The minimum atomic E-state index is -4.21. The fraction of sp³-hybridized carbons (Fsp3) is 0.192. The normalized spacial score (nSPS) is 12.8. The Bertz CT molecular complexity index is 1500. The van der Waals surface area contributed by atoms with Crippen LogP contribution in [0, 0.1) is 0 Å². The molecule has 0 aliphatic heterocycles. The number of carbonyl (C=O) groups is 1. The van der Waals surface area contributed by atoms with E-state index in [0.717, 1.165) is 27.6 Å². The molecule has 0 fully saturated rings. The van der Waals surface area contributed by atoms with Gasteiger partial charge in [0.25, 0.3) is 0 Å². The number of pyridine rings is 2. The highest BCUT2D eigenvalue weighted by atomic mass is 31.2. The highest BCUT2D eigenvalue weighted by Crippen LogP contribution is 2.44. The van der Waals surface area contributed by atoms with Crippen molar-refractivity contribution in [2.75, 3.05) is 25.7 Å². The molecule has 0 radical (unpaired) electrons. The van der Waals surface area contributed by atoms with Crippen LogP contribution < -0.4 is 9.64 Å². The monoisotopic (exact) mass is 522 g/mol. The van der Waals surface area contributed by atoms with Crippen molar-refractivity contribution >= 4 is 30.5 Å². The summed E-state index contributed by atoms with van der Waals surface area (Å²) in [6, 6.07) is 13.1. The number of phosphoric acid groups is 1. The molecular weight excluding hydrogens is 495 g/mol. The molecular formula is C26H27N4O6P. The molecule has 0 aliphatic rings. The summed E-state index contributed by atoms with van der Waals surface area (Å²) in [5.41, 5.74) is 4.54. The van der Waals surface area contributed by atoms with Crippen LogP contribution in [-0.4, -0.2) is 46.1 Å². The van der Waals surface area contributed by atoms with Gasteiger partial charge >= 0.3 is 7.82 Å². The molecule has 11 heteroatoms. The number of amides is 1. The summed E-state index contributed by atoms with van der Waals surface area (Å²) in [6.45, 7) is 4.94. The van der Waals surface area contributed by atoms with E-state index in [1.165, 1.54) is 18.1 Å². The standard InChI is InChI=1S/C26H27N4O6P/c1-5-25(31)29(3)21-9-7-8-18(12-21)20-13-22-23(19-10-11-27-24(14-19)34-4)16-30(26(22)28-15-20)17-36-37(32,33)35-6-2/h5,7-16H,1,6,17H2,2-4H3,(H,32,33). The number of likely N-dealkylation sites (N-methyl/N-ethyl adjacent to an activating group) is 1. The van der Waals surface area contributed by atoms with Gasteiger partial charge in [0.1, 0.15) is 12.4 Å². The lowest BCUT2D eigenvalue weighted by Gasteiger charge is -2.16. The van der Waals surface area contributed by atoms with Gasteiger partial charge < -0.3 is 19.1 Å². The molecule has 1 N–H and O–H groups in total. The Morgan fingerprint density at radius 3 is 2.70 bits per heavy atom. The molecule has 4 aromatic rings. The lowest BCUT2D eigenvalue weighted by atomic mass is 10.0.